The number of nitrogens with zero attached hydrogens (tertiary/aromatic N) is 1. The van der Waals surface area contributed by atoms with Gasteiger partial charge in [0, 0.05) is 13.0 Å². The fourth-order valence-corrected chi connectivity index (χ4v) is 1.58. The number of likely N-dealkylation sites (tertiary alicyclic amines) is 1. The molecule has 0 radical (unpaired) electrons. The molecule has 1 rings (SSSR count). The van der Waals surface area contributed by atoms with E-state index in [1.165, 1.54) is 0 Å². The van der Waals surface area contributed by atoms with E-state index in [0.717, 1.165) is 13.0 Å². The number of hydrogen-bond donors (Lipinski definition) is 4. The zero-order valence-electron chi connectivity index (χ0n) is 11.2. The Labute approximate surface area is 120 Å². The molecular formula is C12H17NO8. The molecule has 4 N–H and O–H groups in total. The second-order valence-corrected chi connectivity index (χ2v) is 4.35. The molecule has 118 valence electrons. The summed E-state index contributed by atoms with van der Waals surface area (Å²) in [6, 6.07) is 0. The highest BCUT2D eigenvalue weighted by molar-refractivity contribution is 5.88. The first-order valence-electron chi connectivity index (χ1n) is 5.93. The predicted molar refractivity (Wildman–Crippen MR) is 68.2 cm³/mol. The largest absolute Gasteiger partial charge is 0.481 e. The second-order valence-electron chi connectivity index (χ2n) is 4.35. The number of carboxylic acid groups (broad SMARTS) is 3. The molecule has 1 saturated heterocycles. The maximum absolute atomic E-state index is 10.7. The normalized spacial score (nSPS) is 14.1. The Hall–Kier alpha value is -2.42. The van der Waals surface area contributed by atoms with Gasteiger partial charge in [-0.15, -0.1) is 0 Å². The highest BCUT2D eigenvalue weighted by Gasteiger charge is 2.40. The summed E-state index contributed by atoms with van der Waals surface area (Å²) < 4.78 is 0. The summed E-state index contributed by atoms with van der Waals surface area (Å²) >= 11 is 0. The van der Waals surface area contributed by atoms with Crippen LogP contribution in [-0.4, -0.2) is 61.3 Å². The molecule has 0 spiro atoms. The van der Waals surface area contributed by atoms with E-state index in [2.05, 4.69) is 6.58 Å². The number of hydrogen-bond acceptors (Lipinski definition) is 5. The van der Waals surface area contributed by atoms with Crippen LogP contribution in [0.1, 0.15) is 25.7 Å². The first kappa shape index (κ1) is 18.6. The van der Waals surface area contributed by atoms with Crippen LogP contribution in [0.3, 0.4) is 0 Å². The molecule has 9 heteroatoms. The van der Waals surface area contributed by atoms with Gasteiger partial charge in [0.25, 0.3) is 0 Å². The Balaban J connectivity index is 0.000000423. The zero-order valence-corrected chi connectivity index (χ0v) is 11.2. The summed E-state index contributed by atoms with van der Waals surface area (Å²) in [7, 11) is 0. The second kappa shape index (κ2) is 8.00. The van der Waals surface area contributed by atoms with Gasteiger partial charge in [-0.2, -0.15) is 0 Å². The molecule has 0 atom stereocenters. The Kier molecular flexibility index (Phi) is 7.08. The van der Waals surface area contributed by atoms with Crippen LogP contribution in [0.4, 0.5) is 0 Å². The van der Waals surface area contributed by atoms with Crippen molar-refractivity contribution in [1.82, 2.24) is 4.90 Å². The van der Waals surface area contributed by atoms with Crippen molar-refractivity contribution >= 4 is 23.8 Å². The van der Waals surface area contributed by atoms with Crippen LogP contribution < -0.4 is 0 Å². The van der Waals surface area contributed by atoms with Gasteiger partial charge < -0.3 is 25.3 Å². The smallest absolute Gasteiger partial charge is 0.336 e. The lowest BCUT2D eigenvalue weighted by atomic mass is 9.96. The first-order chi connectivity index (χ1) is 9.62. The van der Waals surface area contributed by atoms with Crippen LogP contribution in [0.5, 0.6) is 0 Å². The third-order valence-corrected chi connectivity index (χ3v) is 2.62. The van der Waals surface area contributed by atoms with Crippen LogP contribution in [0, 0.1) is 0 Å². The Morgan fingerprint density at radius 3 is 1.86 bits per heavy atom. The van der Waals surface area contributed by atoms with Gasteiger partial charge in [-0.05, 0) is 12.6 Å². The number of carboxylic acids is 3. The molecule has 0 bridgehead atoms. The van der Waals surface area contributed by atoms with Crippen molar-refractivity contribution in [3.63, 3.8) is 0 Å². The molecule has 0 aliphatic carbocycles. The molecule has 0 aromatic carbocycles. The van der Waals surface area contributed by atoms with E-state index in [1.807, 2.05) is 0 Å². The molecule has 0 aromatic rings. The van der Waals surface area contributed by atoms with Gasteiger partial charge in [-0.1, -0.05) is 6.58 Å². The van der Waals surface area contributed by atoms with E-state index < -0.39 is 36.4 Å². The van der Waals surface area contributed by atoms with E-state index in [4.69, 9.17) is 20.4 Å². The first-order valence-corrected chi connectivity index (χ1v) is 5.93. The van der Waals surface area contributed by atoms with Crippen molar-refractivity contribution in [3.8, 4) is 0 Å². The van der Waals surface area contributed by atoms with Gasteiger partial charge >= 0.3 is 17.9 Å². The fraction of sp³-hybridized carbons (Fsp3) is 0.500. The minimum Gasteiger partial charge on any atom is -0.481 e. The van der Waals surface area contributed by atoms with Crippen molar-refractivity contribution < 1.29 is 39.6 Å². The number of carbonyl (C=O) groups is 4. The molecule has 21 heavy (non-hydrogen) atoms. The summed E-state index contributed by atoms with van der Waals surface area (Å²) in [5.74, 6) is -4.81. The van der Waals surface area contributed by atoms with E-state index >= 15 is 0 Å². The highest BCUT2D eigenvalue weighted by Crippen LogP contribution is 2.15. The molecule has 1 aliphatic rings. The highest BCUT2D eigenvalue weighted by atomic mass is 16.4. The lowest BCUT2D eigenvalue weighted by Crippen LogP contribution is -2.42. The van der Waals surface area contributed by atoms with E-state index in [-0.39, 0.29) is 5.91 Å². The molecule has 0 saturated carbocycles. The standard InChI is InChI=1S/C6H9NO.C6H8O7/c1-2-7-5-3-4-6(7)8;7-3(8)1-6(13,5(11)12)2-4(9)10/h2H,1,3-5H2;13H,1-2H2,(H,7,8)(H,9,10)(H,11,12). The molecule has 1 heterocycles. The van der Waals surface area contributed by atoms with Crippen LogP contribution in [0.2, 0.25) is 0 Å². The zero-order chi connectivity index (χ0) is 16.6. The maximum Gasteiger partial charge on any atom is 0.336 e. The van der Waals surface area contributed by atoms with Crippen LogP contribution in [0.25, 0.3) is 0 Å². The third kappa shape index (κ3) is 6.52. The molecule has 1 amide bonds. The topological polar surface area (TPSA) is 152 Å². The Morgan fingerprint density at radius 2 is 1.67 bits per heavy atom. The van der Waals surface area contributed by atoms with Crippen molar-refractivity contribution in [2.75, 3.05) is 6.54 Å². The number of aliphatic carboxylic acids is 3. The molecule has 1 fully saturated rings. The lowest BCUT2D eigenvalue weighted by Gasteiger charge is -2.18. The Bertz CT molecular complexity index is 429. The average Bonchev–Trinajstić information content (AvgIpc) is 2.73. The molecule has 1 aliphatic heterocycles. The summed E-state index contributed by atoms with van der Waals surface area (Å²) in [6.45, 7) is 4.36. The quantitative estimate of drug-likeness (QED) is 0.512. The van der Waals surface area contributed by atoms with Crippen molar-refractivity contribution in [3.05, 3.63) is 12.8 Å². The monoisotopic (exact) mass is 303 g/mol. The predicted octanol–water partition coefficient (Wildman–Crippen LogP) is -0.496. The molecule has 0 aromatic heterocycles. The van der Waals surface area contributed by atoms with E-state index in [9.17, 15) is 19.2 Å². The number of amides is 1. The minimum absolute atomic E-state index is 0.208. The molecule has 9 nitrogen and oxygen atoms in total. The van der Waals surface area contributed by atoms with Crippen LogP contribution in [0.15, 0.2) is 12.8 Å². The molecular weight excluding hydrogens is 286 g/mol. The van der Waals surface area contributed by atoms with Gasteiger partial charge in [-0.25, -0.2) is 4.79 Å². The van der Waals surface area contributed by atoms with Crippen molar-refractivity contribution in [2.24, 2.45) is 0 Å². The Morgan fingerprint density at radius 1 is 1.19 bits per heavy atom. The fourth-order valence-electron chi connectivity index (χ4n) is 1.58. The van der Waals surface area contributed by atoms with Gasteiger partial charge in [0.1, 0.15) is 0 Å². The van der Waals surface area contributed by atoms with Crippen LogP contribution in [-0.2, 0) is 19.2 Å². The summed E-state index contributed by atoms with van der Waals surface area (Å²) in [6.07, 6.45) is 0.996. The van der Waals surface area contributed by atoms with E-state index in [1.54, 1.807) is 11.1 Å². The van der Waals surface area contributed by atoms with Gasteiger partial charge in [0.15, 0.2) is 5.60 Å². The SMILES string of the molecule is C=CN1CCCC1=O.O=C(O)CC(O)(CC(=O)O)C(=O)O. The summed E-state index contributed by atoms with van der Waals surface area (Å²) in [5.41, 5.74) is -2.74. The van der Waals surface area contributed by atoms with Gasteiger partial charge in [-0.3, -0.25) is 14.4 Å². The lowest BCUT2D eigenvalue weighted by molar-refractivity contribution is -0.170. The summed E-state index contributed by atoms with van der Waals surface area (Å²) in [5, 5.41) is 33.8. The molecule has 0 unspecified atom stereocenters. The number of aliphatic hydroxyl groups is 1. The summed E-state index contributed by atoms with van der Waals surface area (Å²) in [4.78, 5) is 42.8. The van der Waals surface area contributed by atoms with Crippen LogP contribution >= 0.6 is 0 Å². The van der Waals surface area contributed by atoms with Crippen molar-refractivity contribution in [2.45, 2.75) is 31.3 Å². The van der Waals surface area contributed by atoms with E-state index in [0.29, 0.717) is 6.42 Å². The van der Waals surface area contributed by atoms with Crippen molar-refractivity contribution in [1.29, 1.82) is 0 Å². The maximum atomic E-state index is 10.7. The number of rotatable bonds is 6. The average molecular weight is 303 g/mol. The van der Waals surface area contributed by atoms with Gasteiger partial charge in [0.2, 0.25) is 5.91 Å². The minimum atomic E-state index is -2.74. The third-order valence-electron chi connectivity index (χ3n) is 2.62. The van der Waals surface area contributed by atoms with Gasteiger partial charge in [0.05, 0.1) is 12.8 Å². The number of carbonyl (C=O) groups excluding carboxylic acids is 1.